The van der Waals surface area contributed by atoms with Crippen LogP contribution in [-0.4, -0.2) is 0 Å². The van der Waals surface area contributed by atoms with E-state index in [0.29, 0.717) is 5.56 Å². The summed E-state index contributed by atoms with van der Waals surface area (Å²) in [6, 6.07) is 16.2. The fourth-order valence-corrected chi connectivity index (χ4v) is 2.74. The van der Waals surface area contributed by atoms with E-state index in [2.05, 4.69) is 6.92 Å². The topological polar surface area (TPSA) is 0 Å². The van der Waals surface area contributed by atoms with E-state index in [9.17, 15) is 13.2 Å². The highest BCUT2D eigenvalue weighted by Gasteiger charge is 2.10. The molecule has 122 valence electrons. The van der Waals surface area contributed by atoms with Gasteiger partial charge in [-0.05, 0) is 46.9 Å². The van der Waals surface area contributed by atoms with Gasteiger partial charge in [-0.15, -0.1) is 0 Å². The van der Waals surface area contributed by atoms with Crippen molar-refractivity contribution in [3.63, 3.8) is 0 Å². The van der Waals surface area contributed by atoms with Gasteiger partial charge in [-0.2, -0.15) is 0 Å². The maximum Gasteiger partial charge on any atom is 0.159 e. The van der Waals surface area contributed by atoms with Gasteiger partial charge in [0.15, 0.2) is 11.6 Å². The molecule has 24 heavy (non-hydrogen) atoms. The summed E-state index contributed by atoms with van der Waals surface area (Å²) in [5, 5.41) is 0. The Bertz CT molecular complexity index is 851. The average Bonchev–Trinajstić information content (AvgIpc) is 2.58. The summed E-state index contributed by atoms with van der Waals surface area (Å²) >= 11 is 0. The molecule has 0 atom stereocenters. The van der Waals surface area contributed by atoms with Crippen LogP contribution < -0.4 is 0 Å². The molecule has 0 amide bonds. The van der Waals surface area contributed by atoms with E-state index >= 15 is 0 Å². The molecule has 0 spiro atoms. The zero-order chi connectivity index (χ0) is 17.1. The van der Waals surface area contributed by atoms with Crippen molar-refractivity contribution in [2.24, 2.45) is 0 Å². The molecule has 0 aliphatic carbocycles. The first-order valence-corrected chi connectivity index (χ1v) is 7.93. The molecule has 0 aliphatic rings. The second-order valence-electron chi connectivity index (χ2n) is 5.77. The molecule has 0 fully saturated rings. The first-order chi connectivity index (χ1) is 11.6. The molecular formula is C21H17F3. The van der Waals surface area contributed by atoms with Crippen LogP contribution in [0.1, 0.15) is 18.9 Å². The maximum absolute atomic E-state index is 14.4. The first-order valence-electron chi connectivity index (χ1n) is 7.93. The standard InChI is InChI=1S/C21H17F3/c1-2-3-14-4-6-15(7-5-14)16-8-10-18(20(23)12-16)17-9-11-19(22)21(24)13-17/h4-13H,2-3H2,1H3. The van der Waals surface area contributed by atoms with E-state index in [4.69, 9.17) is 0 Å². The van der Waals surface area contributed by atoms with Crippen molar-refractivity contribution in [2.75, 3.05) is 0 Å². The smallest absolute Gasteiger partial charge is 0.159 e. The Labute approximate surface area is 139 Å². The molecule has 3 rings (SSSR count). The van der Waals surface area contributed by atoms with Gasteiger partial charge in [0.05, 0.1) is 0 Å². The van der Waals surface area contributed by atoms with E-state index in [1.165, 1.54) is 17.7 Å². The molecule has 3 aromatic carbocycles. The molecule has 0 aliphatic heterocycles. The highest BCUT2D eigenvalue weighted by atomic mass is 19.2. The van der Waals surface area contributed by atoms with Crippen molar-refractivity contribution in [1.29, 1.82) is 0 Å². The van der Waals surface area contributed by atoms with Crippen LogP contribution in [0.25, 0.3) is 22.3 Å². The van der Waals surface area contributed by atoms with E-state index < -0.39 is 17.5 Å². The summed E-state index contributed by atoms with van der Waals surface area (Å²) in [5.74, 6) is -2.39. The van der Waals surface area contributed by atoms with Gasteiger partial charge in [-0.3, -0.25) is 0 Å². The number of benzene rings is 3. The minimum atomic E-state index is -0.984. The Morgan fingerprint density at radius 1 is 0.625 bits per heavy atom. The molecule has 0 heterocycles. The minimum Gasteiger partial charge on any atom is -0.206 e. The summed E-state index contributed by atoms with van der Waals surface area (Å²) in [6.07, 6.45) is 2.10. The van der Waals surface area contributed by atoms with Crippen molar-refractivity contribution >= 4 is 0 Å². The van der Waals surface area contributed by atoms with E-state index in [1.54, 1.807) is 12.1 Å². The number of hydrogen-bond donors (Lipinski definition) is 0. The summed E-state index contributed by atoms with van der Waals surface area (Å²) in [4.78, 5) is 0. The van der Waals surface area contributed by atoms with Gasteiger partial charge >= 0.3 is 0 Å². The van der Waals surface area contributed by atoms with Crippen LogP contribution in [0.15, 0.2) is 60.7 Å². The summed E-state index contributed by atoms with van der Waals surface area (Å²) in [6.45, 7) is 2.13. The van der Waals surface area contributed by atoms with Crippen LogP contribution in [0.3, 0.4) is 0 Å². The van der Waals surface area contributed by atoms with Crippen LogP contribution in [-0.2, 0) is 6.42 Å². The molecule has 3 aromatic rings. The van der Waals surface area contributed by atoms with Crippen molar-refractivity contribution in [3.8, 4) is 22.3 Å². The van der Waals surface area contributed by atoms with E-state index in [0.717, 1.165) is 36.1 Å². The second kappa shape index (κ2) is 6.91. The Morgan fingerprint density at radius 3 is 1.88 bits per heavy atom. The molecule has 0 unspecified atom stereocenters. The highest BCUT2D eigenvalue weighted by molar-refractivity contribution is 5.71. The number of rotatable bonds is 4. The molecule has 0 nitrogen and oxygen atoms in total. The monoisotopic (exact) mass is 326 g/mol. The minimum absolute atomic E-state index is 0.250. The van der Waals surface area contributed by atoms with Crippen molar-refractivity contribution in [3.05, 3.63) is 83.7 Å². The summed E-state index contributed by atoms with van der Waals surface area (Å²) < 4.78 is 40.8. The number of aryl methyl sites for hydroxylation is 1. The molecule has 0 radical (unpaired) electrons. The second-order valence-corrected chi connectivity index (χ2v) is 5.77. The largest absolute Gasteiger partial charge is 0.206 e. The lowest BCUT2D eigenvalue weighted by molar-refractivity contribution is 0.509. The van der Waals surface area contributed by atoms with Gasteiger partial charge in [-0.1, -0.05) is 55.8 Å². The predicted octanol–water partition coefficient (Wildman–Crippen LogP) is 6.39. The zero-order valence-electron chi connectivity index (χ0n) is 13.3. The van der Waals surface area contributed by atoms with Gasteiger partial charge in [-0.25, -0.2) is 13.2 Å². The summed E-state index contributed by atoms with van der Waals surface area (Å²) in [5.41, 5.74) is 3.49. The lowest BCUT2D eigenvalue weighted by Crippen LogP contribution is -1.90. The maximum atomic E-state index is 14.4. The summed E-state index contributed by atoms with van der Waals surface area (Å²) in [7, 11) is 0. The SMILES string of the molecule is CCCc1ccc(-c2ccc(-c3ccc(F)c(F)c3)c(F)c2)cc1. The Morgan fingerprint density at radius 2 is 1.25 bits per heavy atom. The molecule has 3 heteroatoms. The fraction of sp³-hybridized carbons (Fsp3) is 0.143. The van der Waals surface area contributed by atoms with Gasteiger partial charge in [0.1, 0.15) is 5.82 Å². The average molecular weight is 326 g/mol. The fourth-order valence-electron chi connectivity index (χ4n) is 2.74. The Hall–Kier alpha value is -2.55. The van der Waals surface area contributed by atoms with Crippen LogP contribution in [0.2, 0.25) is 0 Å². The lowest BCUT2D eigenvalue weighted by Gasteiger charge is -2.08. The van der Waals surface area contributed by atoms with Gasteiger partial charge in [0, 0.05) is 5.56 Å². The van der Waals surface area contributed by atoms with Crippen LogP contribution in [0, 0.1) is 17.5 Å². The highest BCUT2D eigenvalue weighted by Crippen LogP contribution is 2.29. The predicted molar refractivity (Wildman–Crippen MR) is 91.2 cm³/mol. The number of halogens is 3. The molecule has 0 saturated carbocycles. The van der Waals surface area contributed by atoms with Crippen molar-refractivity contribution < 1.29 is 13.2 Å². The molecule has 0 bridgehead atoms. The molecule has 0 aromatic heterocycles. The van der Waals surface area contributed by atoms with Gasteiger partial charge in [0.2, 0.25) is 0 Å². The Kier molecular flexibility index (Phi) is 4.70. The molecular weight excluding hydrogens is 309 g/mol. The van der Waals surface area contributed by atoms with Crippen LogP contribution in [0.5, 0.6) is 0 Å². The number of hydrogen-bond acceptors (Lipinski definition) is 0. The van der Waals surface area contributed by atoms with E-state index in [1.807, 2.05) is 24.3 Å². The third kappa shape index (κ3) is 3.35. The van der Waals surface area contributed by atoms with Crippen molar-refractivity contribution in [2.45, 2.75) is 19.8 Å². The first kappa shape index (κ1) is 16.3. The van der Waals surface area contributed by atoms with Crippen LogP contribution in [0.4, 0.5) is 13.2 Å². The Balaban J connectivity index is 1.93. The third-order valence-corrected chi connectivity index (χ3v) is 4.03. The lowest BCUT2D eigenvalue weighted by atomic mass is 9.98. The van der Waals surface area contributed by atoms with Crippen molar-refractivity contribution in [1.82, 2.24) is 0 Å². The molecule has 0 saturated heterocycles. The van der Waals surface area contributed by atoms with Crippen LogP contribution >= 0.6 is 0 Å². The third-order valence-electron chi connectivity index (χ3n) is 4.03. The van der Waals surface area contributed by atoms with Gasteiger partial charge in [0.25, 0.3) is 0 Å². The quantitative estimate of drug-likeness (QED) is 0.521. The normalized spacial score (nSPS) is 10.8. The zero-order valence-corrected chi connectivity index (χ0v) is 13.3. The van der Waals surface area contributed by atoms with Gasteiger partial charge < -0.3 is 0 Å². The van der Waals surface area contributed by atoms with E-state index in [-0.39, 0.29) is 5.56 Å². The molecule has 0 N–H and O–H groups in total.